The van der Waals surface area contributed by atoms with E-state index < -0.39 is 11.4 Å². The molecule has 0 spiro atoms. The number of Topliss-reactive ketones (excluding diaryl/α,β-unsaturated/α-hetero) is 1. The average molecular weight is 292 g/mol. The zero-order valence-electron chi connectivity index (χ0n) is 12.9. The molecule has 0 aliphatic heterocycles. The van der Waals surface area contributed by atoms with Crippen molar-refractivity contribution in [3.63, 3.8) is 0 Å². The number of esters is 1. The standard InChI is InChI=1S/C16H24N2O3/c1-4-21-15(20)16(11-17-2,12-18-3)14(19)10-13-8-6-5-7-9-13/h5-9,17-18H,4,10-12H2,1-3H3. The van der Waals surface area contributed by atoms with Gasteiger partial charge in [0, 0.05) is 19.5 Å². The Morgan fingerprint density at radius 2 is 1.67 bits per heavy atom. The highest BCUT2D eigenvalue weighted by Crippen LogP contribution is 2.22. The van der Waals surface area contributed by atoms with Crippen molar-refractivity contribution >= 4 is 11.8 Å². The first-order valence-electron chi connectivity index (χ1n) is 7.14. The van der Waals surface area contributed by atoms with Crippen LogP contribution in [-0.4, -0.2) is 45.5 Å². The summed E-state index contributed by atoms with van der Waals surface area (Å²) in [6.45, 7) is 2.49. The fraction of sp³-hybridized carbons (Fsp3) is 0.500. The van der Waals surface area contributed by atoms with E-state index in [4.69, 9.17) is 4.74 Å². The minimum atomic E-state index is -1.20. The first-order chi connectivity index (χ1) is 10.1. The number of ketones is 1. The molecule has 0 fully saturated rings. The highest BCUT2D eigenvalue weighted by atomic mass is 16.5. The largest absolute Gasteiger partial charge is 0.465 e. The van der Waals surface area contributed by atoms with E-state index in [2.05, 4.69) is 10.6 Å². The molecule has 0 amide bonds. The zero-order chi connectivity index (χ0) is 15.7. The van der Waals surface area contributed by atoms with Crippen molar-refractivity contribution in [3.05, 3.63) is 35.9 Å². The number of ether oxygens (including phenoxy) is 1. The van der Waals surface area contributed by atoms with Crippen LogP contribution in [0.3, 0.4) is 0 Å². The van der Waals surface area contributed by atoms with Gasteiger partial charge in [-0.25, -0.2) is 0 Å². The first-order valence-corrected chi connectivity index (χ1v) is 7.14. The van der Waals surface area contributed by atoms with Crippen molar-refractivity contribution in [1.29, 1.82) is 0 Å². The summed E-state index contributed by atoms with van der Waals surface area (Å²) >= 11 is 0. The number of benzene rings is 1. The third-order valence-corrected chi connectivity index (χ3v) is 3.36. The van der Waals surface area contributed by atoms with Crippen LogP contribution in [-0.2, 0) is 20.7 Å². The Labute approximate surface area is 126 Å². The summed E-state index contributed by atoms with van der Waals surface area (Å²) in [5, 5.41) is 5.88. The van der Waals surface area contributed by atoms with Crippen molar-refractivity contribution in [2.75, 3.05) is 33.8 Å². The summed E-state index contributed by atoms with van der Waals surface area (Å²) in [6.07, 6.45) is 0.211. The Hall–Kier alpha value is -1.72. The van der Waals surface area contributed by atoms with E-state index in [0.29, 0.717) is 0 Å². The van der Waals surface area contributed by atoms with Crippen molar-refractivity contribution in [1.82, 2.24) is 10.6 Å². The molecule has 5 nitrogen and oxygen atoms in total. The van der Waals surface area contributed by atoms with Gasteiger partial charge in [0.1, 0.15) is 0 Å². The molecule has 1 aromatic rings. The lowest BCUT2D eigenvalue weighted by Gasteiger charge is -2.29. The van der Waals surface area contributed by atoms with Crippen LogP contribution in [0.25, 0.3) is 0 Å². The molecule has 116 valence electrons. The van der Waals surface area contributed by atoms with E-state index >= 15 is 0 Å². The Morgan fingerprint density at radius 3 is 2.14 bits per heavy atom. The molecule has 1 aromatic carbocycles. The molecule has 0 atom stereocenters. The van der Waals surface area contributed by atoms with Gasteiger partial charge in [0.05, 0.1) is 6.61 Å². The molecule has 0 heterocycles. The summed E-state index contributed by atoms with van der Waals surface area (Å²) in [5.74, 6) is -0.620. The predicted molar refractivity (Wildman–Crippen MR) is 82.1 cm³/mol. The van der Waals surface area contributed by atoms with Crippen LogP contribution in [0.5, 0.6) is 0 Å². The molecule has 0 unspecified atom stereocenters. The Morgan fingerprint density at radius 1 is 1.10 bits per heavy atom. The maximum Gasteiger partial charge on any atom is 0.322 e. The second kappa shape index (κ2) is 8.54. The van der Waals surface area contributed by atoms with Gasteiger partial charge >= 0.3 is 5.97 Å². The van der Waals surface area contributed by atoms with Crippen molar-refractivity contribution in [3.8, 4) is 0 Å². The molecule has 21 heavy (non-hydrogen) atoms. The van der Waals surface area contributed by atoms with Crippen molar-refractivity contribution < 1.29 is 14.3 Å². The molecule has 0 saturated carbocycles. The third-order valence-electron chi connectivity index (χ3n) is 3.36. The van der Waals surface area contributed by atoms with Crippen LogP contribution in [0.4, 0.5) is 0 Å². The maximum atomic E-state index is 12.7. The van der Waals surface area contributed by atoms with E-state index in [0.717, 1.165) is 5.56 Å². The van der Waals surface area contributed by atoms with Crippen LogP contribution in [0, 0.1) is 5.41 Å². The average Bonchev–Trinajstić information content (AvgIpc) is 2.48. The minimum Gasteiger partial charge on any atom is -0.465 e. The van der Waals surface area contributed by atoms with Crippen molar-refractivity contribution in [2.45, 2.75) is 13.3 Å². The topological polar surface area (TPSA) is 67.4 Å². The number of carbonyl (C=O) groups excluding carboxylic acids is 2. The third kappa shape index (κ3) is 4.37. The molecule has 2 N–H and O–H groups in total. The lowest BCUT2D eigenvalue weighted by Crippen LogP contribution is -2.53. The summed E-state index contributed by atoms with van der Waals surface area (Å²) in [6, 6.07) is 9.42. The summed E-state index contributed by atoms with van der Waals surface area (Å²) < 4.78 is 5.13. The number of carbonyl (C=O) groups is 2. The summed E-state index contributed by atoms with van der Waals surface area (Å²) in [4.78, 5) is 25.1. The lowest BCUT2D eigenvalue weighted by molar-refractivity contribution is -0.159. The fourth-order valence-electron chi connectivity index (χ4n) is 2.34. The van der Waals surface area contributed by atoms with Crippen LogP contribution in [0.1, 0.15) is 12.5 Å². The molecule has 0 aromatic heterocycles. The lowest BCUT2D eigenvalue weighted by atomic mass is 9.80. The van der Waals surface area contributed by atoms with Gasteiger partial charge in [0.25, 0.3) is 0 Å². The monoisotopic (exact) mass is 292 g/mol. The van der Waals surface area contributed by atoms with E-state index in [1.54, 1.807) is 21.0 Å². The quantitative estimate of drug-likeness (QED) is 0.520. The van der Waals surface area contributed by atoms with E-state index in [1.807, 2.05) is 30.3 Å². The molecule has 0 aliphatic carbocycles. The smallest absolute Gasteiger partial charge is 0.322 e. The van der Waals surface area contributed by atoms with Gasteiger partial charge in [0.15, 0.2) is 11.2 Å². The van der Waals surface area contributed by atoms with Gasteiger partial charge in [0.2, 0.25) is 0 Å². The highest BCUT2D eigenvalue weighted by Gasteiger charge is 2.45. The van der Waals surface area contributed by atoms with Gasteiger partial charge in [-0.05, 0) is 26.6 Å². The van der Waals surface area contributed by atoms with Gasteiger partial charge in [-0.2, -0.15) is 0 Å². The molecular formula is C16H24N2O3. The molecule has 5 heteroatoms. The van der Waals surface area contributed by atoms with E-state index in [1.165, 1.54) is 0 Å². The first kappa shape index (κ1) is 17.3. The zero-order valence-corrected chi connectivity index (χ0v) is 12.9. The number of hydrogen-bond acceptors (Lipinski definition) is 5. The normalized spacial score (nSPS) is 11.2. The van der Waals surface area contributed by atoms with E-state index in [9.17, 15) is 9.59 Å². The number of hydrogen-bond donors (Lipinski definition) is 2. The second-order valence-corrected chi connectivity index (χ2v) is 4.95. The number of nitrogens with one attached hydrogen (secondary N) is 2. The molecular weight excluding hydrogens is 268 g/mol. The molecule has 1 rings (SSSR count). The van der Waals surface area contributed by atoms with Crippen molar-refractivity contribution in [2.24, 2.45) is 5.41 Å². The number of rotatable bonds is 9. The summed E-state index contributed by atoms with van der Waals surface area (Å²) in [7, 11) is 3.44. The molecule has 0 radical (unpaired) electrons. The van der Waals surface area contributed by atoms with Crippen LogP contribution in [0.15, 0.2) is 30.3 Å². The molecule has 0 bridgehead atoms. The molecule has 0 aliphatic rings. The maximum absolute atomic E-state index is 12.7. The minimum absolute atomic E-state index is 0.143. The highest BCUT2D eigenvalue weighted by molar-refractivity contribution is 6.05. The SMILES string of the molecule is CCOC(=O)C(CNC)(CNC)C(=O)Cc1ccccc1. The van der Waals surface area contributed by atoms with Gasteiger partial charge in [-0.3, -0.25) is 9.59 Å². The predicted octanol–water partition coefficient (Wildman–Crippen LogP) is 0.787. The molecule has 0 saturated heterocycles. The van der Waals surface area contributed by atoms with Crippen LogP contribution >= 0.6 is 0 Å². The van der Waals surface area contributed by atoms with Gasteiger partial charge < -0.3 is 15.4 Å². The van der Waals surface area contributed by atoms with Gasteiger partial charge in [-0.15, -0.1) is 0 Å². The van der Waals surface area contributed by atoms with Crippen LogP contribution < -0.4 is 10.6 Å². The fourth-order valence-corrected chi connectivity index (χ4v) is 2.34. The Bertz CT molecular complexity index is 454. The van der Waals surface area contributed by atoms with Gasteiger partial charge in [-0.1, -0.05) is 30.3 Å². The summed E-state index contributed by atoms with van der Waals surface area (Å²) in [5.41, 5.74) is -0.307. The Balaban J connectivity index is 3.02. The van der Waals surface area contributed by atoms with E-state index in [-0.39, 0.29) is 31.9 Å². The second-order valence-electron chi connectivity index (χ2n) is 4.95. The van der Waals surface area contributed by atoms with Crippen LogP contribution in [0.2, 0.25) is 0 Å². The Kier molecular flexibility index (Phi) is 7.05.